The highest BCUT2D eigenvalue weighted by Gasteiger charge is 2.16. The molecule has 1 aromatic rings. The van der Waals surface area contributed by atoms with E-state index in [0.29, 0.717) is 16.7 Å². The summed E-state index contributed by atoms with van der Waals surface area (Å²) in [6.45, 7) is 0.348. The molecule has 1 aliphatic heterocycles. The molecule has 1 heterocycles. The van der Waals surface area contributed by atoms with E-state index in [0.717, 1.165) is 5.69 Å². The van der Waals surface area contributed by atoms with Crippen molar-refractivity contribution in [3.05, 3.63) is 28.2 Å². The Kier molecular flexibility index (Phi) is 3.26. The number of nitrogens with one attached hydrogen (secondary N) is 1. The Balaban J connectivity index is 2.08. The molecule has 6 nitrogen and oxygen atoms in total. The number of anilines is 1. The summed E-state index contributed by atoms with van der Waals surface area (Å²) in [5.41, 5.74) is 8.15. The minimum Gasteiger partial charge on any atom is -0.350 e. The van der Waals surface area contributed by atoms with Gasteiger partial charge in [0.25, 0.3) is 0 Å². The monoisotopic (exact) mass is 273 g/mol. The molecule has 2 amide bonds. The minimum absolute atomic E-state index is 0.348. The van der Waals surface area contributed by atoms with Gasteiger partial charge < -0.3 is 5.73 Å². The highest BCUT2D eigenvalue weighted by Crippen LogP contribution is 2.27. The lowest BCUT2D eigenvalue weighted by atomic mass is 10.3. The number of nitrogens with two attached hydrogens (primary N) is 1. The van der Waals surface area contributed by atoms with E-state index in [4.69, 9.17) is 28.9 Å². The van der Waals surface area contributed by atoms with Crippen LogP contribution in [0.15, 0.2) is 23.3 Å². The van der Waals surface area contributed by atoms with Gasteiger partial charge in [-0.15, -0.1) is 0 Å². The maximum absolute atomic E-state index is 10.6. The van der Waals surface area contributed by atoms with E-state index in [1.165, 1.54) is 11.3 Å². The lowest BCUT2D eigenvalue weighted by Crippen LogP contribution is -2.44. The number of rotatable bonds is 2. The molecular formula is C9H9Cl2N5O. The number of nitrogens with zero attached hydrogens (tertiary/aromatic N) is 3. The van der Waals surface area contributed by atoms with Gasteiger partial charge in [-0.25, -0.2) is 20.2 Å². The molecule has 1 aromatic carbocycles. The zero-order valence-electron chi connectivity index (χ0n) is 8.60. The molecule has 0 bridgehead atoms. The summed E-state index contributed by atoms with van der Waals surface area (Å²) in [6, 6.07) is 4.50. The van der Waals surface area contributed by atoms with Crippen LogP contribution in [0.5, 0.6) is 0 Å². The van der Waals surface area contributed by atoms with Crippen LogP contribution in [-0.4, -0.2) is 24.0 Å². The summed E-state index contributed by atoms with van der Waals surface area (Å²) in [6.07, 6.45) is 1.45. The van der Waals surface area contributed by atoms with E-state index in [1.54, 1.807) is 23.2 Å². The zero-order chi connectivity index (χ0) is 12.4. The van der Waals surface area contributed by atoms with Crippen LogP contribution in [0.1, 0.15) is 0 Å². The molecule has 0 saturated carbocycles. The van der Waals surface area contributed by atoms with E-state index in [1.807, 2.05) is 0 Å². The lowest BCUT2D eigenvalue weighted by Gasteiger charge is -2.18. The van der Waals surface area contributed by atoms with E-state index in [9.17, 15) is 4.79 Å². The summed E-state index contributed by atoms with van der Waals surface area (Å²) in [5.74, 6) is 0. The topological polar surface area (TPSA) is 74.0 Å². The number of carbonyl (C=O) groups is 1. The summed E-state index contributed by atoms with van der Waals surface area (Å²) in [7, 11) is 0. The first-order chi connectivity index (χ1) is 8.06. The van der Waals surface area contributed by atoms with Crippen molar-refractivity contribution in [1.82, 2.24) is 10.4 Å². The molecule has 3 N–H and O–H groups in total. The van der Waals surface area contributed by atoms with Gasteiger partial charge in [0, 0.05) is 0 Å². The minimum atomic E-state index is -0.646. The van der Waals surface area contributed by atoms with Crippen molar-refractivity contribution in [1.29, 1.82) is 0 Å². The van der Waals surface area contributed by atoms with Gasteiger partial charge in [-0.2, -0.15) is 5.10 Å². The smallest absolute Gasteiger partial charge is 0.331 e. The molecule has 0 atom stereocenters. The van der Waals surface area contributed by atoms with E-state index in [2.05, 4.69) is 10.5 Å². The van der Waals surface area contributed by atoms with Crippen molar-refractivity contribution in [2.24, 2.45) is 10.8 Å². The van der Waals surface area contributed by atoms with Crippen LogP contribution in [0.2, 0.25) is 10.0 Å². The molecule has 0 fully saturated rings. The van der Waals surface area contributed by atoms with Gasteiger partial charge in [-0.3, -0.25) is 0 Å². The number of hydrogen-bond donors (Lipinski definition) is 2. The molecule has 0 spiro atoms. The van der Waals surface area contributed by atoms with Crippen LogP contribution in [0.4, 0.5) is 10.5 Å². The number of hydrogen-bond acceptors (Lipinski definition) is 4. The molecule has 0 aromatic heterocycles. The number of carbonyl (C=O) groups excluding carboxylic acids is 1. The van der Waals surface area contributed by atoms with Crippen LogP contribution in [0.3, 0.4) is 0 Å². The second-order valence-electron chi connectivity index (χ2n) is 3.32. The summed E-state index contributed by atoms with van der Waals surface area (Å²) < 4.78 is 0. The highest BCUT2D eigenvalue weighted by atomic mass is 35.5. The Hall–Kier alpha value is -1.66. The third-order valence-electron chi connectivity index (χ3n) is 2.07. The van der Waals surface area contributed by atoms with Crippen molar-refractivity contribution in [3.63, 3.8) is 0 Å². The molecule has 2 rings (SSSR count). The predicted molar refractivity (Wildman–Crippen MR) is 66.9 cm³/mol. The SMILES string of the molecule is NC(=O)NN1C=NN(c2ccc(Cl)c(Cl)c2)C1. The third-order valence-corrected chi connectivity index (χ3v) is 2.81. The lowest BCUT2D eigenvalue weighted by molar-refractivity contribution is 0.229. The van der Waals surface area contributed by atoms with Gasteiger partial charge in [0.1, 0.15) is 13.0 Å². The number of primary amides is 1. The quantitative estimate of drug-likeness (QED) is 0.860. The molecule has 8 heteroatoms. The van der Waals surface area contributed by atoms with E-state index < -0.39 is 6.03 Å². The van der Waals surface area contributed by atoms with Crippen molar-refractivity contribution in [2.75, 3.05) is 11.7 Å². The molecule has 0 aliphatic carbocycles. The second-order valence-corrected chi connectivity index (χ2v) is 4.13. The van der Waals surface area contributed by atoms with Gasteiger partial charge in [-0.1, -0.05) is 23.2 Å². The van der Waals surface area contributed by atoms with Crippen LogP contribution in [0.25, 0.3) is 0 Å². The predicted octanol–water partition coefficient (Wildman–Crippen LogP) is 1.60. The Morgan fingerprint density at radius 3 is 2.82 bits per heavy atom. The van der Waals surface area contributed by atoms with Crippen molar-refractivity contribution in [2.45, 2.75) is 0 Å². The summed E-state index contributed by atoms with van der Waals surface area (Å²) in [4.78, 5) is 10.6. The first-order valence-electron chi connectivity index (χ1n) is 4.65. The van der Waals surface area contributed by atoms with Crippen molar-refractivity contribution in [3.8, 4) is 0 Å². The van der Waals surface area contributed by atoms with Gasteiger partial charge in [0.15, 0.2) is 0 Å². The number of urea groups is 1. The number of amides is 2. The molecule has 90 valence electrons. The van der Waals surface area contributed by atoms with Crippen molar-refractivity contribution >= 4 is 41.3 Å². The fraction of sp³-hybridized carbons (Fsp3) is 0.111. The molecule has 0 radical (unpaired) electrons. The van der Waals surface area contributed by atoms with Gasteiger partial charge in [0.05, 0.1) is 15.7 Å². The van der Waals surface area contributed by atoms with Crippen LogP contribution < -0.4 is 16.2 Å². The molecule has 0 unspecified atom stereocenters. The van der Waals surface area contributed by atoms with Gasteiger partial charge in [-0.05, 0) is 18.2 Å². The van der Waals surface area contributed by atoms with E-state index in [-0.39, 0.29) is 0 Å². The van der Waals surface area contributed by atoms with Crippen LogP contribution >= 0.6 is 23.2 Å². The summed E-state index contributed by atoms with van der Waals surface area (Å²) in [5, 5.41) is 8.08. The number of hydrazone groups is 1. The Morgan fingerprint density at radius 2 is 2.18 bits per heavy atom. The number of halogens is 2. The first kappa shape index (κ1) is 11.8. The Morgan fingerprint density at radius 1 is 1.41 bits per heavy atom. The molecule has 17 heavy (non-hydrogen) atoms. The molecular weight excluding hydrogens is 265 g/mol. The second kappa shape index (κ2) is 4.68. The van der Waals surface area contributed by atoms with E-state index >= 15 is 0 Å². The fourth-order valence-corrected chi connectivity index (χ4v) is 1.63. The molecule has 1 aliphatic rings. The van der Waals surface area contributed by atoms with Crippen LogP contribution in [0, 0.1) is 0 Å². The normalized spacial score (nSPS) is 14.2. The van der Waals surface area contributed by atoms with Gasteiger partial charge in [0.2, 0.25) is 0 Å². The maximum Gasteiger partial charge on any atom is 0.331 e. The van der Waals surface area contributed by atoms with Gasteiger partial charge >= 0.3 is 6.03 Å². The highest BCUT2D eigenvalue weighted by molar-refractivity contribution is 6.42. The molecule has 0 saturated heterocycles. The van der Waals surface area contributed by atoms with Crippen LogP contribution in [-0.2, 0) is 0 Å². The maximum atomic E-state index is 10.6. The standard InChI is InChI=1S/C9H9Cl2N5O/c10-7-2-1-6(3-8(7)11)16-5-15(4-13-16)14-9(12)17/h1-4H,5H2,(H3,12,14,17). The fourth-order valence-electron chi connectivity index (χ4n) is 1.34. The average Bonchev–Trinajstić information content (AvgIpc) is 2.69. The summed E-state index contributed by atoms with van der Waals surface area (Å²) >= 11 is 11.7. The number of hydrazine groups is 1. The average molecular weight is 274 g/mol. The number of benzene rings is 1. The third kappa shape index (κ3) is 2.72. The Labute approximate surface area is 108 Å². The zero-order valence-corrected chi connectivity index (χ0v) is 10.1. The largest absolute Gasteiger partial charge is 0.350 e. The Bertz CT molecular complexity index is 478. The van der Waals surface area contributed by atoms with Crippen molar-refractivity contribution < 1.29 is 4.79 Å². The first-order valence-corrected chi connectivity index (χ1v) is 5.41.